The lowest BCUT2D eigenvalue weighted by Gasteiger charge is -2.18. The molecule has 2 aromatic rings. The van der Waals surface area contributed by atoms with E-state index in [1.54, 1.807) is 11.3 Å². The lowest BCUT2D eigenvalue weighted by molar-refractivity contribution is 0.0898. The quantitative estimate of drug-likeness (QED) is 0.915. The van der Waals surface area contributed by atoms with Crippen LogP contribution in [0.25, 0.3) is 10.2 Å². The Morgan fingerprint density at radius 1 is 1.38 bits per heavy atom. The summed E-state index contributed by atoms with van der Waals surface area (Å²) in [5.41, 5.74) is 1.04. The first-order valence-corrected chi connectivity index (χ1v) is 8.56. The van der Waals surface area contributed by atoms with E-state index in [9.17, 15) is 0 Å². The number of thiazole rings is 1. The van der Waals surface area contributed by atoms with Gasteiger partial charge < -0.3 is 14.8 Å². The molecule has 1 aromatic heterocycles. The van der Waals surface area contributed by atoms with Gasteiger partial charge in [-0.15, -0.1) is 0 Å². The summed E-state index contributed by atoms with van der Waals surface area (Å²) in [6.45, 7) is 3.57. The van der Waals surface area contributed by atoms with Crippen LogP contribution >= 0.6 is 11.3 Å². The van der Waals surface area contributed by atoms with Gasteiger partial charge in [0.25, 0.3) is 0 Å². The molecule has 1 saturated carbocycles. The van der Waals surface area contributed by atoms with Crippen molar-refractivity contribution in [1.29, 1.82) is 0 Å². The molecule has 1 aromatic carbocycles. The van der Waals surface area contributed by atoms with Crippen LogP contribution in [0.1, 0.15) is 26.2 Å². The third kappa shape index (κ3) is 2.72. The molecule has 1 saturated heterocycles. The fraction of sp³-hybridized carbons (Fsp3) is 0.562. The Morgan fingerprint density at radius 2 is 2.29 bits per heavy atom. The maximum atomic E-state index is 5.88. The molecule has 1 aliphatic heterocycles. The smallest absolute Gasteiger partial charge is 0.184 e. The molecule has 2 aliphatic rings. The average Bonchev–Trinajstić information content (AvgIpc) is 3.08. The number of hydrogen-bond acceptors (Lipinski definition) is 5. The number of ether oxygens (including phenoxy) is 2. The van der Waals surface area contributed by atoms with Gasteiger partial charge in [0.1, 0.15) is 5.75 Å². The molecule has 0 radical (unpaired) electrons. The summed E-state index contributed by atoms with van der Waals surface area (Å²) >= 11 is 1.70. The molecule has 4 nitrogen and oxygen atoms in total. The number of nitrogens with one attached hydrogen (secondary N) is 1. The number of benzene rings is 1. The van der Waals surface area contributed by atoms with Crippen LogP contribution in [0.15, 0.2) is 18.2 Å². The van der Waals surface area contributed by atoms with Gasteiger partial charge in [-0.25, -0.2) is 4.98 Å². The van der Waals surface area contributed by atoms with E-state index < -0.39 is 0 Å². The van der Waals surface area contributed by atoms with Crippen molar-refractivity contribution in [2.24, 2.45) is 5.92 Å². The third-order valence-corrected chi connectivity index (χ3v) is 5.15. The molecule has 112 valence electrons. The minimum Gasteiger partial charge on any atom is -0.494 e. The number of rotatable bonds is 5. The SMILES string of the molecule is CCOc1ccc2nc(NC3CCOC3C3CC3)sc2c1. The number of nitrogens with zero attached hydrogens (tertiary/aromatic N) is 1. The molecule has 2 fully saturated rings. The van der Waals surface area contributed by atoms with Gasteiger partial charge in [-0.2, -0.15) is 0 Å². The first-order chi connectivity index (χ1) is 10.3. The molecule has 5 heteroatoms. The Kier molecular flexibility index (Phi) is 3.47. The highest BCUT2D eigenvalue weighted by atomic mass is 32.1. The molecule has 4 rings (SSSR count). The van der Waals surface area contributed by atoms with Crippen LogP contribution in [0.2, 0.25) is 0 Å². The molecule has 1 aliphatic carbocycles. The fourth-order valence-electron chi connectivity index (χ4n) is 3.04. The number of hydrogen-bond donors (Lipinski definition) is 1. The van der Waals surface area contributed by atoms with Gasteiger partial charge in [0.15, 0.2) is 5.13 Å². The van der Waals surface area contributed by atoms with Gasteiger partial charge in [0.2, 0.25) is 0 Å². The molecule has 0 spiro atoms. The summed E-state index contributed by atoms with van der Waals surface area (Å²) < 4.78 is 12.6. The number of fused-ring (bicyclic) bond motifs is 1. The zero-order valence-corrected chi connectivity index (χ0v) is 13.0. The van der Waals surface area contributed by atoms with Gasteiger partial charge in [0, 0.05) is 6.61 Å². The van der Waals surface area contributed by atoms with Gasteiger partial charge in [-0.05, 0) is 50.3 Å². The minimum absolute atomic E-state index is 0.385. The minimum atomic E-state index is 0.385. The second-order valence-electron chi connectivity index (χ2n) is 5.79. The van der Waals surface area contributed by atoms with Crippen LogP contribution in [0, 0.1) is 5.92 Å². The van der Waals surface area contributed by atoms with E-state index >= 15 is 0 Å². The summed E-state index contributed by atoms with van der Waals surface area (Å²) in [4.78, 5) is 4.69. The van der Waals surface area contributed by atoms with Crippen molar-refractivity contribution in [3.63, 3.8) is 0 Å². The van der Waals surface area contributed by atoms with Gasteiger partial charge >= 0.3 is 0 Å². The zero-order valence-electron chi connectivity index (χ0n) is 12.2. The second kappa shape index (κ2) is 5.46. The van der Waals surface area contributed by atoms with E-state index in [4.69, 9.17) is 9.47 Å². The molecule has 2 unspecified atom stereocenters. The van der Waals surface area contributed by atoms with E-state index in [0.29, 0.717) is 18.8 Å². The fourth-order valence-corrected chi connectivity index (χ4v) is 3.99. The predicted octanol–water partition coefficient (Wildman–Crippen LogP) is 3.67. The van der Waals surface area contributed by atoms with Crippen molar-refractivity contribution in [1.82, 2.24) is 4.98 Å². The largest absolute Gasteiger partial charge is 0.494 e. The van der Waals surface area contributed by atoms with E-state index in [2.05, 4.69) is 16.4 Å². The lowest BCUT2D eigenvalue weighted by Crippen LogP contribution is -2.30. The molecule has 21 heavy (non-hydrogen) atoms. The highest BCUT2D eigenvalue weighted by molar-refractivity contribution is 7.22. The van der Waals surface area contributed by atoms with Crippen molar-refractivity contribution >= 4 is 26.7 Å². The van der Waals surface area contributed by atoms with Crippen molar-refractivity contribution in [2.75, 3.05) is 18.5 Å². The van der Waals surface area contributed by atoms with Crippen molar-refractivity contribution in [3.05, 3.63) is 18.2 Å². The Balaban J connectivity index is 1.53. The summed E-state index contributed by atoms with van der Waals surface area (Å²) in [5.74, 6) is 1.68. The maximum absolute atomic E-state index is 5.88. The Bertz CT molecular complexity index is 638. The summed E-state index contributed by atoms with van der Waals surface area (Å²) in [6.07, 6.45) is 4.11. The molecule has 0 amide bonds. The highest BCUT2D eigenvalue weighted by Crippen LogP contribution is 2.40. The Hall–Kier alpha value is -1.33. The molecular weight excluding hydrogens is 284 g/mol. The molecule has 1 N–H and O–H groups in total. The topological polar surface area (TPSA) is 43.4 Å². The first-order valence-electron chi connectivity index (χ1n) is 7.75. The van der Waals surface area contributed by atoms with Crippen LogP contribution in [0.4, 0.5) is 5.13 Å². The Labute approximate surface area is 128 Å². The average molecular weight is 304 g/mol. The summed E-state index contributed by atoms with van der Waals surface area (Å²) in [6, 6.07) is 6.52. The summed E-state index contributed by atoms with van der Waals surface area (Å²) in [5, 5.41) is 4.59. The number of anilines is 1. The van der Waals surface area contributed by atoms with Gasteiger partial charge in [0.05, 0.1) is 29.0 Å². The Morgan fingerprint density at radius 3 is 3.10 bits per heavy atom. The third-order valence-electron chi connectivity index (χ3n) is 4.20. The van der Waals surface area contributed by atoms with Crippen LogP contribution in [0.5, 0.6) is 5.75 Å². The summed E-state index contributed by atoms with van der Waals surface area (Å²) in [7, 11) is 0. The maximum Gasteiger partial charge on any atom is 0.184 e. The molecular formula is C16H20N2O2S. The van der Waals surface area contributed by atoms with E-state index in [-0.39, 0.29) is 0 Å². The van der Waals surface area contributed by atoms with Crippen molar-refractivity contribution in [2.45, 2.75) is 38.3 Å². The van der Waals surface area contributed by atoms with Crippen molar-refractivity contribution < 1.29 is 9.47 Å². The molecule has 2 atom stereocenters. The second-order valence-corrected chi connectivity index (χ2v) is 6.82. The normalized spacial score (nSPS) is 25.4. The van der Waals surface area contributed by atoms with E-state index in [1.165, 1.54) is 17.5 Å². The standard InChI is InChI=1S/C16H20N2O2S/c1-2-19-11-5-6-12-14(9-11)21-16(17-12)18-13-7-8-20-15(13)10-3-4-10/h5-6,9-10,13,15H,2-4,7-8H2,1H3,(H,17,18). The van der Waals surface area contributed by atoms with Gasteiger partial charge in [-0.3, -0.25) is 0 Å². The van der Waals surface area contributed by atoms with Crippen LogP contribution in [-0.2, 0) is 4.74 Å². The monoisotopic (exact) mass is 304 g/mol. The first kappa shape index (κ1) is 13.3. The van der Waals surface area contributed by atoms with Crippen LogP contribution in [-0.4, -0.2) is 30.3 Å². The highest BCUT2D eigenvalue weighted by Gasteiger charge is 2.40. The predicted molar refractivity (Wildman–Crippen MR) is 85.3 cm³/mol. The van der Waals surface area contributed by atoms with E-state index in [1.807, 2.05) is 19.1 Å². The zero-order chi connectivity index (χ0) is 14.2. The van der Waals surface area contributed by atoms with Crippen molar-refractivity contribution in [3.8, 4) is 5.75 Å². The van der Waals surface area contributed by atoms with Crippen LogP contribution in [0.3, 0.4) is 0 Å². The van der Waals surface area contributed by atoms with Gasteiger partial charge in [-0.1, -0.05) is 11.3 Å². The molecule has 2 heterocycles. The van der Waals surface area contributed by atoms with E-state index in [0.717, 1.165) is 35.3 Å². The number of aromatic nitrogens is 1. The van der Waals surface area contributed by atoms with Crippen LogP contribution < -0.4 is 10.1 Å². The molecule has 0 bridgehead atoms. The lowest BCUT2D eigenvalue weighted by atomic mass is 10.1.